The molecule has 1 aliphatic rings. The Morgan fingerprint density at radius 2 is 1.93 bits per heavy atom. The molecule has 0 amide bonds. The Balaban J connectivity index is 1.89. The van der Waals surface area contributed by atoms with Crippen LogP contribution in [0.2, 0.25) is 0 Å². The van der Waals surface area contributed by atoms with E-state index in [0.29, 0.717) is 4.32 Å². The summed E-state index contributed by atoms with van der Waals surface area (Å²) in [7, 11) is 1.70. The van der Waals surface area contributed by atoms with Crippen LogP contribution in [0, 0.1) is 0 Å². The lowest BCUT2D eigenvalue weighted by molar-refractivity contribution is 0.133. The predicted octanol–water partition coefficient (Wildman–Crippen LogP) is 2.66. The van der Waals surface area contributed by atoms with E-state index in [1.54, 1.807) is 7.11 Å². The smallest absolute Gasteiger partial charge is 0.118 e. The lowest BCUT2D eigenvalue weighted by atomic mass is 10.0. The molecule has 0 bridgehead atoms. The molecule has 0 atom stereocenters. The zero-order chi connectivity index (χ0) is 10.9. The number of halogens is 1. The van der Waals surface area contributed by atoms with Crippen LogP contribution >= 0.6 is 15.9 Å². The quantitative estimate of drug-likeness (QED) is 0.783. The summed E-state index contributed by atoms with van der Waals surface area (Å²) in [6, 6.07) is 8.29. The standard InChI is InChI=1S/C12H16BrNO/c1-12(13)8-14(9-12)7-10-3-5-11(15-2)6-4-10/h3-6H,7-9H2,1-2H3. The number of hydrogen-bond donors (Lipinski definition) is 0. The predicted molar refractivity (Wildman–Crippen MR) is 65.6 cm³/mol. The molecule has 0 N–H and O–H groups in total. The van der Waals surface area contributed by atoms with Crippen LogP contribution in [0.5, 0.6) is 5.75 Å². The van der Waals surface area contributed by atoms with E-state index in [2.05, 4.69) is 39.9 Å². The summed E-state index contributed by atoms with van der Waals surface area (Å²) in [6.45, 7) is 5.51. The van der Waals surface area contributed by atoms with Crippen molar-refractivity contribution in [2.45, 2.75) is 17.8 Å². The fraction of sp³-hybridized carbons (Fsp3) is 0.500. The van der Waals surface area contributed by atoms with E-state index >= 15 is 0 Å². The minimum Gasteiger partial charge on any atom is -0.497 e. The van der Waals surface area contributed by atoms with E-state index in [-0.39, 0.29) is 0 Å². The van der Waals surface area contributed by atoms with Gasteiger partial charge in [0.15, 0.2) is 0 Å². The number of rotatable bonds is 3. The Hall–Kier alpha value is -0.540. The van der Waals surface area contributed by atoms with Crippen LogP contribution < -0.4 is 4.74 Å². The van der Waals surface area contributed by atoms with Gasteiger partial charge in [-0.2, -0.15) is 0 Å². The molecule has 2 rings (SSSR count). The van der Waals surface area contributed by atoms with E-state index in [1.165, 1.54) is 5.56 Å². The van der Waals surface area contributed by atoms with Gasteiger partial charge in [-0.05, 0) is 24.6 Å². The van der Waals surface area contributed by atoms with Gasteiger partial charge in [-0.1, -0.05) is 28.1 Å². The fourth-order valence-corrected chi connectivity index (χ4v) is 2.70. The number of likely N-dealkylation sites (tertiary alicyclic amines) is 1. The van der Waals surface area contributed by atoms with Crippen LogP contribution in [0.4, 0.5) is 0 Å². The summed E-state index contributed by atoms with van der Waals surface area (Å²) in [5.41, 5.74) is 1.35. The third-order valence-electron chi connectivity index (χ3n) is 2.67. The van der Waals surface area contributed by atoms with Crippen LogP contribution in [0.15, 0.2) is 24.3 Å². The average molecular weight is 270 g/mol. The maximum atomic E-state index is 5.13. The van der Waals surface area contributed by atoms with Crippen molar-refractivity contribution in [3.63, 3.8) is 0 Å². The van der Waals surface area contributed by atoms with E-state index in [0.717, 1.165) is 25.4 Å². The maximum absolute atomic E-state index is 5.13. The molecule has 0 unspecified atom stereocenters. The Bertz CT molecular complexity index is 326. The molecule has 1 aliphatic heterocycles. The Kier molecular flexibility index (Phi) is 3.03. The number of benzene rings is 1. The van der Waals surface area contributed by atoms with E-state index in [4.69, 9.17) is 4.74 Å². The zero-order valence-electron chi connectivity index (χ0n) is 9.16. The SMILES string of the molecule is COc1ccc(CN2CC(C)(Br)C2)cc1. The first-order valence-electron chi connectivity index (χ1n) is 5.13. The Morgan fingerprint density at radius 3 is 2.40 bits per heavy atom. The Labute approximate surface area is 99.4 Å². The highest BCUT2D eigenvalue weighted by Gasteiger charge is 2.35. The zero-order valence-corrected chi connectivity index (χ0v) is 10.8. The fourth-order valence-electron chi connectivity index (χ4n) is 1.99. The normalized spacial score (nSPS) is 19.7. The molecule has 0 radical (unpaired) electrons. The minimum atomic E-state index is 0.333. The van der Waals surface area contributed by atoms with Gasteiger partial charge in [-0.25, -0.2) is 0 Å². The van der Waals surface area contributed by atoms with Crippen molar-refractivity contribution < 1.29 is 4.74 Å². The average Bonchev–Trinajstić information content (AvgIpc) is 2.16. The van der Waals surface area contributed by atoms with Crippen LogP contribution in [0.25, 0.3) is 0 Å². The number of nitrogens with zero attached hydrogens (tertiary/aromatic N) is 1. The first-order chi connectivity index (χ1) is 7.09. The summed E-state index contributed by atoms with van der Waals surface area (Å²) < 4.78 is 5.46. The van der Waals surface area contributed by atoms with Crippen molar-refractivity contribution in [3.8, 4) is 5.75 Å². The van der Waals surface area contributed by atoms with Crippen molar-refractivity contribution in [1.29, 1.82) is 0 Å². The van der Waals surface area contributed by atoms with Crippen molar-refractivity contribution in [1.82, 2.24) is 4.90 Å². The van der Waals surface area contributed by atoms with Crippen LogP contribution in [0.3, 0.4) is 0 Å². The monoisotopic (exact) mass is 269 g/mol. The summed E-state index contributed by atoms with van der Waals surface area (Å²) >= 11 is 3.68. The van der Waals surface area contributed by atoms with Crippen LogP contribution in [0.1, 0.15) is 12.5 Å². The first-order valence-corrected chi connectivity index (χ1v) is 5.93. The molecule has 2 nitrogen and oxygen atoms in total. The summed E-state index contributed by atoms with van der Waals surface area (Å²) in [5.74, 6) is 0.924. The molecule has 0 spiro atoms. The summed E-state index contributed by atoms with van der Waals surface area (Å²) in [6.07, 6.45) is 0. The van der Waals surface area contributed by atoms with Crippen molar-refractivity contribution >= 4 is 15.9 Å². The van der Waals surface area contributed by atoms with E-state index < -0.39 is 0 Å². The second kappa shape index (κ2) is 4.14. The van der Waals surface area contributed by atoms with E-state index in [1.807, 2.05) is 12.1 Å². The molecule has 1 heterocycles. The molecule has 1 aromatic carbocycles. The van der Waals surface area contributed by atoms with Gasteiger partial charge < -0.3 is 4.74 Å². The molecular formula is C12H16BrNO. The van der Waals surface area contributed by atoms with Crippen LogP contribution in [-0.2, 0) is 6.54 Å². The Morgan fingerprint density at radius 1 is 1.33 bits per heavy atom. The van der Waals surface area contributed by atoms with Gasteiger partial charge in [0.05, 0.1) is 7.11 Å². The molecule has 1 saturated heterocycles. The summed E-state index contributed by atoms with van der Waals surface area (Å²) in [5, 5.41) is 0. The van der Waals surface area contributed by atoms with Crippen molar-refractivity contribution in [3.05, 3.63) is 29.8 Å². The molecule has 0 aromatic heterocycles. The molecule has 0 saturated carbocycles. The first kappa shape index (κ1) is 11.0. The van der Waals surface area contributed by atoms with Crippen molar-refractivity contribution in [2.24, 2.45) is 0 Å². The highest BCUT2D eigenvalue weighted by Crippen LogP contribution is 2.30. The van der Waals surface area contributed by atoms with Gasteiger partial charge in [0.25, 0.3) is 0 Å². The molecule has 1 aromatic rings. The summed E-state index contributed by atoms with van der Waals surface area (Å²) in [4.78, 5) is 2.43. The van der Waals surface area contributed by atoms with Gasteiger partial charge in [-0.3, -0.25) is 4.90 Å². The van der Waals surface area contributed by atoms with Gasteiger partial charge >= 0.3 is 0 Å². The minimum absolute atomic E-state index is 0.333. The third-order valence-corrected chi connectivity index (χ3v) is 3.17. The number of alkyl halides is 1. The highest BCUT2D eigenvalue weighted by molar-refractivity contribution is 9.10. The molecule has 15 heavy (non-hydrogen) atoms. The van der Waals surface area contributed by atoms with Gasteiger partial charge in [-0.15, -0.1) is 0 Å². The topological polar surface area (TPSA) is 12.5 Å². The molecule has 3 heteroatoms. The number of ether oxygens (including phenoxy) is 1. The maximum Gasteiger partial charge on any atom is 0.118 e. The third kappa shape index (κ3) is 2.73. The van der Waals surface area contributed by atoms with Gasteiger partial charge in [0, 0.05) is 24.0 Å². The molecular weight excluding hydrogens is 254 g/mol. The molecule has 1 fully saturated rings. The van der Waals surface area contributed by atoms with E-state index in [9.17, 15) is 0 Å². The lowest BCUT2D eigenvalue weighted by Crippen LogP contribution is -2.55. The highest BCUT2D eigenvalue weighted by atomic mass is 79.9. The lowest BCUT2D eigenvalue weighted by Gasteiger charge is -2.44. The van der Waals surface area contributed by atoms with Crippen LogP contribution in [-0.4, -0.2) is 29.4 Å². The largest absolute Gasteiger partial charge is 0.497 e. The molecule has 0 aliphatic carbocycles. The second-order valence-corrected chi connectivity index (χ2v) is 6.32. The second-order valence-electron chi connectivity index (χ2n) is 4.41. The molecule has 82 valence electrons. The van der Waals surface area contributed by atoms with Gasteiger partial charge in [0.1, 0.15) is 5.75 Å². The van der Waals surface area contributed by atoms with Gasteiger partial charge in [0.2, 0.25) is 0 Å². The van der Waals surface area contributed by atoms with Crippen molar-refractivity contribution in [2.75, 3.05) is 20.2 Å². The number of methoxy groups -OCH3 is 1. The number of hydrogen-bond acceptors (Lipinski definition) is 2.